The molecule has 1 unspecified atom stereocenters. The van der Waals surface area contributed by atoms with Crippen molar-refractivity contribution in [2.45, 2.75) is 18.9 Å². The number of nitrogens with zero attached hydrogens (tertiary/aromatic N) is 2. The molecule has 0 bridgehead atoms. The molecule has 1 atom stereocenters. The lowest BCUT2D eigenvalue weighted by atomic mass is 10.2. The predicted octanol–water partition coefficient (Wildman–Crippen LogP) is 0.779. The van der Waals surface area contributed by atoms with Gasteiger partial charge in [0.1, 0.15) is 11.8 Å². The Hall–Kier alpha value is -2.11. The number of carboxylic acid groups (broad SMARTS) is 1. The second-order valence-corrected chi connectivity index (χ2v) is 4.07. The van der Waals surface area contributed by atoms with Gasteiger partial charge in [0.2, 0.25) is 0 Å². The van der Waals surface area contributed by atoms with Crippen molar-refractivity contribution in [1.82, 2.24) is 9.88 Å². The normalized spacial score (nSPS) is 18.7. The van der Waals surface area contributed by atoms with Crippen molar-refractivity contribution in [1.29, 1.82) is 0 Å². The van der Waals surface area contributed by atoms with Crippen molar-refractivity contribution >= 4 is 11.9 Å². The molecular formula is C12H14N2O4. The maximum atomic E-state index is 12.3. The molecule has 1 fully saturated rings. The summed E-state index contributed by atoms with van der Waals surface area (Å²) >= 11 is 0. The molecule has 2 heterocycles. The maximum absolute atomic E-state index is 12.3. The Kier molecular flexibility index (Phi) is 3.45. The Balaban J connectivity index is 2.28. The predicted molar refractivity (Wildman–Crippen MR) is 62.5 cm³/mol. The van der Waals surface area contributed by atoms with E-state index in [1.165, 1.54) is 24.4 Å². The van der Waals surface area contributed by atoms with Crippen molar-refractivity contribution in [2.75, 3.05) is 13.7 Å². The summed E-state index contributed by atoms with van der Waals surface area (Å²) in [6.07, 6.45) is 4.13. The van der Waals surface area contributed by atoms with E-state index in [9.17, 15) is 9.59 Å². The van der Waals surface area contributed by atoms with Crippen LogP contribution in [-0.4, -0.2) is 46.6 Å². The number of ether oxygens (including phenoxy) is 1. The maximum Gasteiger partial charge on any atom is 0.326 e. The topological polar surface area (TPSA) is 79.7 Å². The summed E-state index contributed by atoms with van der Waals surface area (Å²) in [6.45, 7) is 0.460. The van der Waals surface area contributed by atoms with Crippen LogP contribution < -0.4 is 4.74 Å². The molecule has 1 aromatic rings. The Morgan fingerprint density at radius 1 is 1.56 bits per heavy atom. The van der Waals surface area contributed by atoms with E-state index in [1.54, 1.807) is 6.07 Å². The Labute approximate surface area is 104 Å². The van der Waals surface area contributed by atoms with Gasteiger partial charge in [0, 0.05) is 12.7 Å². The molecule has 1 aromatic heterocycles. The number of aliphatic carboxylic acids is 1. The van der Waals surface area contributed by atoms with Gasteiger partial charge in [-0.3, -0.25) is 9.78 Å². The van der Waals surface area contributed by atoms with E-state index in [-0.39, 0.29) is 5.91 Å². The fraction of sp³-hybridized carbons (Fsp3) is 0.417. The fourth-order valence-electron chi connectivity index (χ4n) is 2.14. The highest BCUT2D eigenvalue weighted by atomic mass is 16.5. The van der Waals surface area contributed by atoms with Crippen molar-refractivity contribution in [2.24, 2.45) is 0 Å². The third-order valence-electron chi connectivity index (χ3n) is 3.03. The number of amides is 1. The summed E-state index contributed by atoms with van der Waals surface area (Å²) in [6, 6.07) is 0.800. The molecule has 2 rings (SSSR count). The van der Waals surface area contributed by atoms with Crippen molar-refractivity contribution in [3.63, 3.8) is 0 Å². The van der Waals surface area contributed by atoms with Gasteiger partial charge in [-0.2, -0.15) is 0 Å². The third-order valence-corrected chi connectivity index (χ3v) is 3.03. The molecule has 96 valence electrons. The molecule has 1 N–H and O–H groups in total. The lowest BCUT2D eigenvalue weighted by Crippen LogP contribution is -2.40. The van der Waals surface area contributed by atoms with Crippen LogP contribution >= 0.6 is 0 Å². The smallest absolute Gasteiger partial charge is 0.326 e. The number of rotatable bonds is 3. The molecule has 1 saturated heterocycles. The van der Waals surface area contributed by atoms with E-state index in [2.05, 4.69) is 4.98 Å². The summed E-state index contributed by atoms with van der Waals surface area (Å²) in [5, 5.41) is 9.07. The first-order chi connectivity index (χ1) is 8.65. The summed E-state index contributed by atoms with van der Waals surface area (Å²) in [5.74, 6) is -0.924. The van der Waals surface area contributed by atoms with E-state index in [4.69, 9.17) is 9.84 Å². The summed E-state index contributed by atoms with van der Waals surface area (Å²) in [4.78, 5) is 28.6. The minimum atomic E-state index is -0.964. The van der Waals surface area contributed by atoms with Gasteiger partial charge in [0.15, 0.2) is 0 Å². The van der Waals surface area contributed by atoms with Gasteiger partial charge >= 0.3 is 5.97 Å². The van der Waals surface area contributed by atoms with Gasteiger partial charge < -0.3 is 14.7 Å². The molecular weight excluding hydrogens is 236 g/mol. The average molecular weight is 250 g/mol. The number of likely N-dealkylation sites (tertiary alicyclic amines) is 1. The quantitative estimate of drug-likeness (QED) is 0.857. The molecule has 0 aromatic carbocycles. The molecule has 6 heteroatoms. The van der Waals surface area contributed by atoms with Crippen LogP contribution in [0, 0.1) is 0 Å². The minimum Gasteiger partial charge on any atom is -0.494 e. The molecule has 6 nitrogen and oxygen atoms in total. The first-order valence-electron chi connectivity index (χ1n) is 5.67. The van der Waals surface area contributed by atoms with Gasteiger partial charge in [0.05, 0.1) is 18.9 Å². The van der Waals surface area contributed by atoms with Crippen LogP contribution in [-0.2, 0) is 4.79 Å². The molecule has 0 saturated carbocycles. The summed E-state index contributed by atoms with van der Waals surface area (Å²) < 4.78 is 5.06. The van der Waals surface area contributed by atoms with Crippen molar-refractivity contribution in [3.8, 4) is 5.75 Å². The second-order valence-electron chi connectivity index (χ2n) is 4.07. The first-order valence-corrected chi connectivity index (χ1v) is 5.67. The van der Waals surface area contributed by atoms with Gasteiger partial charge in [-0.05, 0) is 18.9 Å². The van der Waals surface area contributed by atoms with Crippen LogP contribution in [0.3, 0.4) is 0 Å². The number of carbonyl (C=O) groups excluding carboxylic acids is 1. The standard InChI is InChI=1S/C12H14N2O4/c1-18-10-7-13-5-4-8(10)11(15)14-6-2-3-9(14)12(16)17/h4-5,7,9H,2-3,6H2,1H3,(H,16,17). The van der Waals surface area contributed by atoms with E-state index in [0.29, 0.717) is 30.7 Å². The van der Waals surface area contributed by atoms with E-state index in [1.807, 2.05) is 0 Å². The van der Waals surface area contributed by atoms with Crippen LogP contribution in [0.2, 0.25) is 0 Å². The second kappa shape index (κ2) is 5.03. The summed E-state index contributed by atoms with van der Waals surface area (Å²) in [7, 11) is 1.45. The molecule has 18 heavy (non-hydrogen) atoms. The van der Waals surface area contributed by atoms with Crippen LogP contribution in [0.5, 0.6) is 5.75 Å². The highest BCUT2D eigenvalue weighted by Crippen LogP contribution is 2.24. The monoisotopic (exact) mass is 250 g/mol. The van der Waals surface area contributed by atoms with Gasteiger partial charge in [-0.1, -0.05) is 0 Å². The zero-order valence-electron chi connectivity index (χ0n) is 10.00. The Morgan fingerprint density at radius 2 is 2.33 bits per heavy atom. The number of pyridine rings is 1. The largest absolute Gasteiger partial charge is 0.494 e. The van der Waals surface area contributed by atoms with E-state index in [0.717, 1.165) is 0 Å². The first kappa shape index (κ1) is 12.3. The Morgan fingerprint density at radius 3 is 3.00 bits per heavy atom. The number of hydrogen-bond donors (Lipinski definition) is 1. The van der Waals surface area contributed by atoms with Crippen LogP contribution in [0.1, 0.15) is 23.2 Å². The molecule has 1 aliphatic heterocycles. The van der Waals surface area contributed by atoms with Gasteiger partial charge in [-0.25, -0.2) is 4.79 Å². The van der Waals surface area contributed by atoms with Gasteiger partial charge in [-0.15, -0.1) is 0 Å². The third kappa shape index (κ3) is 2.13. The number of aromatic nitrogens is 1. The number of hydrogen-bond acceptors (Lipinski definition) is 4. The molecule has 1 amide bonds. The highest BCUT2D eigenvalue weighted by Gasteiger charge is 2.35. The number of methoxy groups -OCH3 is 1. The van der Waals surface area contributed by atoms with E-state index < -0.39 is 12.0 Å². The van der Waals surface area contributed by atoms with Crippen molar-refractivity contribution in [3.05, 3.63) is 24.0 Å². The average Bonchev–Trinajstić information content (AvgIpc) is 2.87. The lowest BCUT2D eigenvalue weighted by Gasteiger charge is -2.22. The Bertz CT molecular complexity index is 475. The minimum absolute atomic E-state index is 0.320. The molecule has 1 aliphatic rings. The van der Waals surface area contributed by atoms with Crippen LogP contribution in [0.4, 0.5) is 0 Å². The molecule has 0 radical (unpaired) electrons. The summed E-state index contributed by atoms with van der Waals surface area (Å²) in [5.41, 5.74) is 0.348. The lowest BCUT2D eigenvalue weighted by molar-refractivity contribution is -0.141. The number of carboxylic acids is 1. The van der Waals surface area contributed by atoms with Crippen LogP contribution in [0.25, 0.3) is 0 Å². The zero-order valence-corrected chi connectivity index (χ0v) is 10.00. The molecule has 0 aliphatic carbocycles. The van der Waals surface area contributed by atoms with Crippen molar-refractivity contribution < 1.29 is 19.4 Å². The van der Waals surface area contributed by atoms with E-state index >= 15 is 0 Å². The SMILES string of the molecule is COc1cnccc1C(=O)N1CCCC1C(=O)O. The highest BCUT2D eigenvalue weighted by molar-refractivity contribution is 5.99. The zero-order chi connectivity index (χ0) is 13.1. The number of carbonyl (C=O) groups is 2. The molecule has 0 spiro atoms. The van der Waals surface area contributed by atoms with Crippen LogP contribution in [0.15, 0.2) is 18.5 Å². The fourth-order valence-corrected chi connectivity index (χ4v) is 2.14. The van der Waals surface area contributed by atoms with Gasteiger partial charge in [0.25, 0.3) is 5.91 Å².